The molecule has 0 aliphatic rings. The van der Waals surface area contributed by atoms with E-state index in [0.29, 0.717) is 28.8 Å². The number of benzene rings is 1. The van der Waals surface area contributed by atoms with Crippen molar-refractivity contribution in [1.29, 1.82) is 0 Å². The van der Waals surface area contributed by atoms with Crippen LogP contribution in [0.5, 0.6) is 0 Å². The van der Waals surface area contributed by atoms with Crippen LogP contribution in [0.4, 0.5) is 5.00 Å². The third-order valence-electron chi connectivity index (χ3n) is 4.67. The molecule has 0 atom stereocenters. The van der Waals surface area contributed by atoms with Crippen molar-refractivity contribution >= 4 is 39.6 Å². The highest BCUT2D eigenvalue weighted by Crippen LogP contribution is 2.30. The van der Waals surface area contributed by atoms with E-state index in [2.05, 4.69) is 34.8 Å². The number of aromatic nitrogens is 2. The summed E-state index contributed by atoms with van der Waals surface area (Å²) >= 11 is 6.98. The highest BCUT2D eigenvalue weighted by molar-refractivity contribution is 7.80. The molecule has 3 aromatic rings. The first kappa shape index (κ1) is 22.0. The van der Waals surface area contributed by atoms with E-state index >= 15 is 0 Å². The summed E-state index contributed by atoms with van der Waals surface area (Å²) < 4.78 is 7.17. The molecule has 158 valence electrons. The molecule has 30 heavy (non-hydrogen) atoms. The molecule has 0 saturated heterocycles. The zero-order valence-electron chi connectivity index (χ0n) is 17.4. The molecule has 2 aromatic heterocycles. The Labute approximate surface area is 186 Å². The van der Waals surface area contributed by atoms with Crippen LogP contribution in [0.25, 0.3) is 0 Å². The second-order valence-electron chi connectivity index (χ2n) is 6.72. The van der Waals surface area contributed by atoms with Crippen LogP contribution in [0, 0.1) is 6.92 Å². The molecule has 6 nitrogen and oxygen atoms in total. The Morgan fingerprint density at radius 1 is 1.27 bits per heavy atom. The number of esters is 1. The lowest BCUT2D eigenvalue weighted by Crippen LogP contribution is -2.28. The summed E-state index contributed by atoms with van der Waals surface area (Å²) in [5.74, 6) is -0.349. The van der Waals surface area contributed by atoms with E-state index in [1.165, 1.54) is 16.9 Å². The molecule has 0 bridgehead atoms. The predicted molar refractivity (Wildman–Crippen MR) is 125 cm³/mol. The van der Waals surface area contributed by atoms with Crippen LogP contribution in [0.1, 0.15) is 45.9 Å². The predicted octanol–water partition coefficient (Wildman–Crippen LogP) is 4.53. The molecule has 8 heteroatoms. The molecule has 3 rings (SSSR count). The lowest BCUT2D eigenvalue weighted by atomic mass is 10.1. The number of nitrogens with zero attached hydrogens (tertiary/aromatic N) is 2. The average molecular weight is 443 g/mol. The van der Waals surface area contributed by atoms with Gasteiger partial charge in [-0.3, -0.25) is 4.68 Å². The van der Waals surface area contributed by atoms with Crippen molar-refractivity contribution in [2.45, 2.75) is 40.3 Å². The zero-order valence-corrected chi connectivity index (χ0v) is 19.0. The Hall–Kier alpha value is -2.71. The van der Waals surface area contributed by atoms with E-state index in [-0.39, 0.29) is 5.97 Å². The van der Waals surface area contributed by atoms with E-state index in [9.17, 15) is 4.79 Å². The number of ether oxygens (including phenoxy) is 1. The summed E-state index contributed by atoms with van der Waals surface area (Å²) in [6, 6.07) is 12.0. The molecule has 2 heterocycles. The fraction of sp³-hybridized carbons (Fsp3) is 0.318. The molecular weight excluding hydrogens is 416 g/mol. The highest BCUT2D eigenvalue weighted by atomic mass is 32.1. The molecule has 0 saturated carbocycles. The summed E-state index contributed by atoms with van der Waals surface area (Å²) in [6.45, 7) is 7.62. The number of thiocarbonyl (C=S) groups is 1. The maximum Gasteiger partial charge on any atom is 0.341 e. The summed E-state index contributed by atoms with van der Waals surface area (Å²) in [6.07, 6.45) is 2.59. The van der Waals surface area contributed by atoms with Gasteiger partial charge in [0, 0.05) is 35.6 Å². The minimum absolute atomic E-state index is 0.325. The van der Waals surface area contributed by atoms with Crippen LogP contribution in [-0.2, 0) is 24.2 Å². The number of anilines is 1. The quantitative estimate of drug-likeness (QED) is 0.395. The second kappa shape index (κ2) is 10.4. The molecular formula is C22H26N4O2S2. The Kier molecular flexibility index (Phi) is 7.59. The molecule has 1 aromatic carbocycles. The summed E-state index contributed by atoms with van der Waals surface area (Å²) in [5, 5.41) is 11.9. The van der Waals surface area contributed by atoms with Crippen molar-refractivity contribution < 1.29 is 9.53 Å². The van der Waals surface area contributed by atoms with Gasteiger partial charge in [0.05, 0.1) is 18.4 Å². The number of nitrogens with one attached hydrogen (secondary N) is 2. The minimum Gasteiger partial charge on any atom is -0.462 e. The van der Waals surface area contributed by atoms with Gasteiger partial charge in [-0.05, 0) is 44.6 Å². The maximum atomic E-state index is 12.4. The fourth-order valence-electron chi connectivity index (χ4n) is 3.08. The lowest BCUT2D eigenvalue weighted by molar-refractivity contribution is 0.0528. The van der Waals surface area contributed by atoms with Crippen molar-refractivity contribution in [2.75, 3.05) is 11.9 Å². The smallest absolute Gasteiger partial charge is 0.341 e. The van der Waals surface area contributed by atoms with Crippen molar-refractivity contribution in [3.63, 3.8) is 0 Å². The Balaban J connectivity index is 1.71. The van der Waals surface area contributed by atoms with Gasteiger partial charge in [-0.15, -0.1) is 11.3 Å². The number of carbonyl (C=O) groups is 1. The number of hydrogen-bond donors (Lipinski definition) is 2. The highest BCUT2D eigenvalue weighted by Gasteiger charge is 2.18. The van der Waals surface area contributed by atoms with Crippen molar-refractivity contribution in [1.82, 2.24) is 15.1 Å². The van der Waals surface area contributed by atoms with Gasteiger partial charge in [-0.25, -0.2) is 4.79 Å². The minimum atomic E-state index is -0.349. The number of rotatable bonds is 8. The van der Waals surface area contributed by atoms with Gasteiger partial charge < -0.3 is 15.4 Å². The Morgan fingerprint density at radius 3 is 2.70 bits per heavy atom. The van der Waals surface area contributed by atoms with E-state index in [1.54, 1.807) is 6.92 Å². The fourth-order valence-corrected chi connectivity index (χ4v) is 4.40. The number of hydrogen-bond acceptors (Lipinski definition) is 5. The van der Waals surface area contributed by atoms with Crippen molar-refractivity contribution in [3.05, 3.63) is 69.9 Å². The van der Waals surface area contributed by atoms with E-state index in [1.807, 2.05) is 42.1 Å². The van der Waals surface area contributed by atoms with Crippen molar-refractivity contribution in [3.8, 4) is 0 Å². The van der Waals surface area contributed by atoms with Crippen LogP contribution in [0.3, 0.4) is 0 Å². The van der Waals surface area contributed by atoms with Crippen LogP contribution < -0.4 is 10.6 Å². The number of thiophene rings is 1. The lowest BCUT2D eigenvalue weighted by Gasteiger charge is -2.10. The van der Waals surface area contributed by atoms with Crippen molar-refractivity contribution in [2.24, 2.45) is 0 Å². The average Bonchev–Trinajstić information content (AvgIpc) is 3.30. The first-order chi connectivity index (χ1) is 14.5. The van der Waals surface area contributed by atoms with E-state index < -0.39 is 0 Å². The van der Waals surface area contributed by atoms with Gasteiger partial charge >= 0.3 is 5.97 Å². The normalized spacial score (nSPS) is 10.6. The molecule has 0 fully saturated rings. The summed E-state index contributed by atoms with van der Waals surface area (Å²) in [5.41, 5.74) is 3.89. The summed E-state index contributed by atoms with van der Waals surface area (Å²) in [7, 11) is 0. The third-order valence-corrected chi connectivity index (χ3v) is 5.97. The van der Waals surface area contributed by atoms with Gasteiger partial charge in [0.25, 0.3) is 0 Å². The Morgan fingerprint density at radius 2 is 2.03 bits per heavy atom. The van der Waals surface area contributed by atoms with Gasteiger partial charge in [0.2, 0.25) is 0 Å². The largest absolute Gasteiger partial charge is 0.462 e. The molecule has 0 aliphatic heterocycles. The van der Waals surface area contributed by atoms with Gasteiger partial charge in [0.15, 0.2) is 5.11 Å². The van der Waals surface area contributed by atoms with Gasteiger partial charge in [-0.2, -0.15) is 5.10 Å². The number of aryl methyl sites for hydroxylation is 1. The molecule has 0 radical (unpaired) electrons. The first-order valence-electron chi connectivity index (χ1n) is 9.91. The Bertz CT molecular complexity index is 1010. The monoisotopic (exact) mass is 442 g/mol. The van der Waals surface area contributed by atoms with Crippen LogP contribution >= 0.6 is 23.6 Å². The van der Waals surface area contributed by atoms with E-state index in [0.717, 1.165) is 29.1 Å². The van der Waals surface area contributed by atoms with Crippen LogP contribution in [0.2, 0.25) is 0 Å². The second-order valence-corrected chi connectivity index (χ2v) is 8.26. The third kappa shape index (κ3) is 5.46. The van der Waals surface area contributed by atoms with Gasteiger partial charge in [0.1, 0.15) is 5.00 Å². The zero-order chi connectivity index (χ0) is 21.5. The van der Waals surface area contributed by atoms with Crippen LogP contribution in [-0.4, -0.2) is 27.5 Å². The number of carbonyl (C=O) groups excluding carboxylic acids is 1. The van der Waals surface area contributed by atoms with E-state index in [4.69, 9.17) is 17.0 Å². The SMILES string of the molecule is CCOC(=O)c1cc(Cc2ccccc2)sc1NC(=S)NCc1cnn(CC)c1C. The van der Waals surface area contributed by atoms with Gasteiger partial charge in [-0.1, -0.05) is 30.3 Å². The molecule has 0 spiro atoms. The molecule has 0 unspecified atom stereocenters. The first-order valence-corrected chi connectivity index (χ1v) is 11.1. The molecule has 0 aliphatic carbocycles. The standard InChI is InChI=1S/C22H26N4O2S2/c1-4-26-15(3)17(14-24-26)13-23-22(29)25-20-19(21(27)28-5-2)12-18(30-20)11-16-9-7-6-8-10-16/h6-10,12,14H,4-5,11,13H2,1-3H3,(H2,23,25,29). The van der Waals surface area contributed by atoms with Crippen LogP contribution in [0.15, 0.2) is 42.6 Å². The molecule has 2 N–H and O–H groups in total. The molecule has 0 amide bonds. The topological polar surface area (TPSA) is 68.2 Å². The summed E-state index contributed by atoms with van der Waals surface area (Å²) in [4.78, 5) is 13.5. The maximum absolute atomic E-state index is 12.4.